The number of rotatable bonds is 4. The van der Waals surface area contributed by atoms with E-state index >= 15 is 0 Å². The molecule has 1 aliphatic rings. The number of anilines is 1. The van der Waals surface area contributed by atoms with Gasteiger partial charge in [-0.15, -0.1) is 0 Å². The molecule has 0 bridgehead atoms. The van der Waals surface area contributed by atoms with E-state index in [-0.39, 0.29) is 6.04 Å². The third kappa shape index (κ3) is 3.55. The van der Waals surface area contributed by atoms with Gasteiger partial charge in [-0.3, -0.25) is 4.90 Å². The van der Waals surface area contributed by atoms with Crippen LogP contribution in [0.3, 0.4) is 0 Å². The first-order valence-corrected chi connectivity index (χ1v) is 7.21. The largest absolute Gasteiger partial charge is 0.366 e. The average Bonchev–Trinajstić information content (AvgIpc) is 2.80. The summed E-state index contributed by atoms with van der Waals surface area (Å²) in [5, 5.41) is 3.31. The highest BCUT2D eigenvalue weighted by Gasteiger charge is 2.29. The maximum Gasteiger partial charge on any atom is 0.217 e. The second-order valence-electron chi connectivity index (χ2n) is 5.63. The van der Waals surface area contributed by atoms with Crippen LogP contribution in [-0.4, -0.2) is 34.0 Å². The lowest BCUT2D eigenvalue weighted by Gasteiger charge is -2.17. The lowest BCUT2D eigenvalue weighted by molar-refractivity contribution is 0.319. The van der Waals surface area contributed by atoms with Gasteiger partial charge >= 0.3 is 0 Å². The van der Waals surface area contributed by atoms with E-state index in [1.807, 2.05) is 6.07 Å². The summed E-state index contributed by atoms with van der Waals surface area (Å²) in [4.78, 5) is 9.95. The molecule has 1 aromatic heterocycles. The molecule has 1 N–H and O–H groups in total. The van der Waals surface area contributed by atoms with Crippen molar-refractivity contribution < 1.29 is 4.39 Å². The molecule has 1 saturated heterocycles. The van der Waals surface area contributed by atoms with Gasteiger partial charge in [0, 0.05) is 31.7 Å². The molecule has 0 aliphatic carbocycles. The van der Waals surface area contributed by atoms with Crippen LogP contribution in [0.4, 0.5) is 10.2 Å². The van der Waals surface area contributed by atoms with Crippen LogP contribution >= 0.6 is 0 Å². The first-order chi connectivity index (χ1) is 10.2. The normalized spacial score (nSPS) is 22.4. The van der Waals surface area contributed by atoms with Crippen molar-refractivity contribution in [3.8, 4) is 0 Å². The molecule has 0 amide bonds. The molecular weight excluding hydrogens is 267 g/mol. The molecule has 2 heterocycles. The van der Waals surface area contributed by atoms with Gasteiger partial charge in [-0.2, -0.15) is 4.39 Å². The van der Waals surface area contributed by atoms with E-state index in [0.717, 1.165) is 19.6 Å². The van der Waals surface area contributed by atoms with Crippen molar-refractivity contribution in [2.45, 2.75) is 19.5 Å². The maximum atomic E-state index is 13.1. The van der Waals surface area contributed by atoms with Gasteiger partial charge in [-0.25, -0.2) is 9.97 Å². The van der Waals surface area contributed by atoms with Gasteiger partial charge in [-0.05, 0) is 11.5 Å². The third-order valence-electron chi connectivity index (χ3n) is 3.90. The van der Waals surface area contributed by atoms with Gasteiger partial charge in [0.05, 0.1) is 0 Å². The predicted molar refractivity (Wildman–Crippen MR) is 80.3 cm³/mol. The van der Waals surface area contributed by atoms with Crippen molar-refractivity contribution in [1.29, 1.82) is 0 Å². The Morgan fingerprint density at radius 2 is 2.05 bits per heavy atom. The molecular formula is C16H19FN4. The fourth-order valence-corrected chi connectivity index (χ4v) is 2.83. The number of likely N-dealkylation sites (tertiary alicyclic amines) is 1. The quantitative estimate of drug-likeness (QED) is 0.877. The van der Waals surface area contributed by atoms with Crippen LogP contribution in [0.2, 0.25) is 0 Å². The van der Waals surface area contributed by atoms with Crippen molar-refractivity contribution >= 4 is 5.82 Å². The fraction of sp³-hybridized carbons (Fsp3) is 0.375. The Kier molecular flexibility index (Phi) is 4.10. The summed E-state index contributed by atoms with van der Waals surface area (Å²) in [5.41, 5.74) is 1.32. The number of halogens is 1. The molecule has 0 radical (unpaired) electrons. The minimum Gasteiger partial charge on any atom is -0.366 e. The third-order valence-corrected chi connectivity index (χ3v) is 3.90. The van der Waals surface area contributed by atoms with Gasteiger partial charge < -0.3 is 5.32 Å². The number of benzene rings is 1. The SMILES string of the molecule is CC1CN(Cc2ccccc2)CC1Nc1cc(F)ncn1. The minimum atomic E-state index is -0.501. The zero-order chi connectivity index (χ0) is 14.7. The molecule has 110 valence electrons. The minimum absolute atomic E-state index is 0.281. The van der Waals surface area contributed by atoms with Crippen molar-refractivity contribution in [3.63, 3.8) is 0 Å². The summed E-state index contributed by atoms with van der Waals surface area (Å²) < 4.78 is 13.1. The number of nitrogens with zero attached hydrogens (tertiary/aromatic N) is 3. The highest BCUT2D eigenvalue weighted by atomic mass is 19.1. The Labute approximate surface area is 124 Å². The van der Waals surface area contributed by atoms with Crippen LogP contribution in [0.5, 0.6) is 0 Å². The van der Waals surface area contributed by atoms with Crippen LogP contribution < -0.4 is 5.32 Å². The van der Waals surface area contributed by atoms with Crippen molar-refractivity contribution in [2.75, 3.05) is 18.4 Å². The Morgan fingerprint density at radius 1 is 1.24 bits per heavy atom. The lowest BCUT2D eigenvalue weighted by Crippen LogP contribution is -2.28. The highest BCUT2D eigenvalue weighted by molar-refractivity contribution is 5.34. The van der Waals surface area contributed by atoms with Crippen LogP contribution in [0.1, 0.15) is 12.5 Å². The Morgan fingerprint density at radius 3 is 2.81 bits per heavy atom. The van der Waals surface area contributed by atoms with Crippen molar-refractivity contribution in [2.24, 2.45) is 5.92 Å². The van der Waals surface area contributed by atoms with Crippen LogP contribution in [-0.2, 0) is 6.54 Å². The molecule has 3 rings (SSSR count). The summed E-state index contributed by atoms with van der Waals surface area (Å²) >= 11 is 0. The zero-order valence-electron chi connectivity index (χ0n) is 12.0. The highest BCUT2D eigenvalue weighted by Crippen LogP contribution is 2.21. The zero-order valence-corrected chi connectivity index (χ0v) is 12.0. The smallest absolute Gasteiger partial charge is 0.217 e. The van der Waals surface area contributed by atoms with Crippen molar-refractivity contribution in [3.05, 3.63) is 54.2 Å². The maximum absolute atomic E-state index is 13.1. The molecule has 21 heavy (non-hydrogen) atoms. The second-order valence-corrected chi connectivity index (χ2v) is 5.63. The molecule has 2 aromatic rings. The number of aromatic nitrogens is 2. The molecule has 0 spiro atoms. The predicted octanol–water partition coefficient (Wildman–Crippen LogP) is 2.55. The molecule has 1 fully saturated rings. The second kappa shape index (κ2) is 6.18. The van der Waals surface area contributed by atoms with E-state index in [1.165, 1.54) is 18.0 Å². The van der Waals surface area contributed by atoms with Crippen molar-refractivity contribution in [1.82, 2.24) is 14.9 Å². The van der Waals surface area contributed by atoms with Crippen LogP contribution in [0.25, 0.3) is 0 Å². The van der Waals surface area contributed by atoms with E-state index in [2.05, 4.69) is 51.4 Å². The number of hydrogen-bond donors (Lipinski definition) is 1. The van der Waals surface area contributed by atoms with Gasteiger partial charge in [0.2, 0.25) is 5.95 Å². The Balaban J connectivity index is 1.61. The Hall–Kier alpha value is -2.01. The lowest BCUT2D eigenvalue weighted by atomic mass is 10.1. The van der Waals surface area contributed by atoms with E-state index in [9.17, 15) is 4.39 Å². The van der Waals surface area contributed by atoms with E-state index in [0.29, 0.717) is 11.7 Å². The standard InChI is InChI=1S/C16H19FN4/c1-12-8-21(9-13-5-3-2-4-6-13)10-14(12)20-16-7-15(17)18-11-19-16/h2-7,11-12,14H,8-10H2,1H3,(H,18,19,20). The number of nitrogens with one attached hydrogen (secondary N) is 1. The molecule has 5 heteroatoms. The van der Waals surface area contributed by atoms with Gasteiger partial charge in [0.1, 0.15) is 12.1 Å². The topological polar surface area (TPSA) is 41.0 Å². The monoisotopic (exact) mass is 286 g/mol. The first kappa shape index (κ1) is 13.9. The van der Waals surface area contributed by atoms with Gasteiger partial charge in [0.15, 0.2) is 0 Å². The van der Waals surface area contributed by atoms with E-state index in [4.69, 9.17) is 0 Å². The average molecular weight is 286 g/mol. The summed E-state index contributed by atoms with van der Waals surface area (Å²) in [5.74, 6) is 0.548. The summed E-state index contributed by atoms with van der Waals surface area (Å²) in [6, 6.07) is 12.1. The Bertz CT molecular complexity index is 590. The molecule has 1 aromatic carbocycles. The van der Waals surface area contributed by atoms with E-state index < -0.39 is 5.95 Å². The van der Waals surface area contributed by atoms with Crippen LogP contribution in [0, 0.1) is 11.9 Å². The van der Waals surface area contributed by atoms with Gasteiger partial charge in [-0.1, -0.05) is 37.3 Å². The molecule has 2 unspecified atom stereocenters. The molecule has 4 nitrogen and oxygen atoms in total. The summed E-state index contributed by atoms with van der Waals surface area (Å²) in [6.45, 7) is 5.11. The summed E-state index contributed by atoms with van der Waals surface area (Å²) in [7, 11) is 0. The van der Waals surface area contributed by atoms with E-state index in [1.54, 1.807) is 0 Å². The first-order valence-electron chi connectivity index (χ1n) is 7.21. The molecule has 0 saturated carbocycles. The van der Waals surface area contributed by atoms with Crippen LogP contribution in [0.15, 0.2) is 42.7 Å². The van der Waals surface area contributed by atoms with Gasteiger partial charge in [0.25, 0.3) is 0 Å². The summed E-state index contributed by atoms with van der Waals surface area (Å²) in [6.07, 6.45) is 1.25. The fourth-order valence-electron chi connectivity index (χ4n) is 2.83. The molecule has 1 aliphatic heterocycles. The number of hydrogen-bond acceptors (Lipinski definition) is 4. The molecule has 2 atom stereocenters.